The first kappa shape index (κ1) is 15.9. The molecule has 1 saturated heterocycles. The summed E-state index contributed by atoms with van der Waals surface area (Å²) >= 11 is 1.42. The van der Waals surface area contributed by atoms with Crippen LogP contribution in [0.4, 0.5) is 10.5 Å². The van der Waals surface area contributed by atoms with Gasteiger partial charge in [-0.2, -0.15) is 0 Å². The Morgan fingerprint density at radius 3 is 2.67 bits per heavy atom. The van der Waals surface area contributed by atoms with Crippen LogP contribution in [0.15, 0.2) is 41.3 Å². The van der Waals surface area contributed by atoms with E-state index in [1.807, 2.05) is 18.4 Å². The molecule has 1 aromatic heterocycles. The molecule has 24 heavy (non-hydrogen) atoms. The number of hydrogen-bond acceptors (Lipinski definition) is 5. The first-order valence-corrected chi connectivity index (χ1v) is 7.99. The fraction of sp³-hybridized carbons (Fsp3) is 0.118. The number of urea groups is 1. The van der Waals surface area contributed by atoms with Crippen LogP contribution in [0.2, 0.25) is 0 Å². The van der Waals surface area contributed by atoms with E-state index in [0.717, 1.165) is 15.3 Å². The number of nitrogens with zero attached hydrogens (tertiary/aromatic N) is 1. The van der Waals surface area contributed by atoms with Crippen LogP contribution >= 0.6 is 11.3 Å². The van der Waals surface area contributed by atoms with Gasteiger partial charge in [0.2, 0.25) is 0 Å². The Morgan fingerprint density at radius 2 is 2.00 bits per heavy atom. The van der Waals surface area contributed by atoms with Crippen molar-refractivity contribution in [3.05, 3.63) is 51.7 Å². The summed E-state index contributed by atoms with van der Waals surface area (Å²) in [7, 11) is 1.49. The summed E-state index contributed by atoms with van der Waals surface area (Å²) in [6, 6.07) is 7.64. The molecule has 6 nitrogen and oxygen atoms in total. The first-order chi connectivity index (χ1) is 11.5. The molecule has 0 radical (unpaired) electrons. The van der Waals surface area contributed by atoms with E-state index in [1.165, 1.54) is 24.5 Å². The van der Waals surface area contributed by atoms with Crippen LogP contribution in [0.5, 0.6) is 5.75 Å². The number of rotatable bonds is 3. The van der Waals surface area contributed by atoms with E-state index >= 15 is 0 Å². The van der Waals surface area contributed by atoms with E-state index in [0.29, 0.717) is 11.4 Å². The Labute approximate surface area is 142 Å². The van der Waals surface area contributed by atoms with Gasteiger partial charge >= 0.3 is 6.03 Å². The number of anilines is 1. The van der Waals surface area contributed by atoms with Crippen LogP contribution in [0.1, 0.15) is 10.4 Å². The summed E-state index contributed by atoms with van der Waals surface area (Å²) in [6.45, 7) is 1.89. The minimum absolute atomic E-state index is 0.0806. The number of aryl methyl sites for hydroxylation is 1. The van der Waals surface area contributed by atoms with Gasteiger partial charge in [0.15, 0.2) is 0 Å². The molecule has 0 bridgehead atoms. The average Bonchev–Trinajstić information content (AvgIpc) is 2.96. The van der Waals surface area contributed by atoms with Crippen LogP contribution in [0, 0.1) is 6.92 Å². The van der Waals surface area contributed by atoms with Crippen molar-refractivity contribution in [2.24, 2.45) is 0 Å². The minimum Gasteiger partial charge on any atom is -0.497 e. The second kappa shape index (κ2) is 6.29. The van der Waals surface area contributed by atoms with Gasteiger partial charge < -0.3 is 4.74 Å². The van der Waals surface area contributed by atoms with Crippen LogP contribution in [-0.4, -0.2) is 25.0 Å². The fourth-order valence-electron chi connectivity index (χ4n) is 2.30. The Kier molecular flexibility index (Phi) is 4.18. The molecule has 3 rings (SSSR count). The van der Waals surface area contributed by atoms with Gasteiger partial charge in [0, 0.05) is 10.9 Å². The molecular weight excluding hydrogens is 328 g/mol. The third-order valence-corrected chi connectivity index (χ3v) is 4.56. The molecule has 0 saturated carbocycles. The molecule has 122 valence electrons. The highest BCUT2D eigenvalue weighted by molar-refractivity contribution is 7.11. The predicted octanol–water partition coefficient (Wildman–Crippen LogP) is 2.73. The zero-order valence-corrected chi connectivity index (χ0v) is 13.8. The Hall–Kier alpha value is -2.93. The van der Waals surface area contributed by atoms with Crippen molar-refractivity contribution < 1.29 is 19.1 Å². The highest BCUT2D eigenvalue weighted by atomic mass is 32.1. The van der Waals surface area contributed by atoms with Crippen molar-refractivity contribution in [3.63, 3.8) is 0 Å². The fourth-order valence-corrected chi connectivity index (χ4v) is 3.16. The second-order valence-electron chi connectivity index (χ2n) is 5.13. The lowest BCUT2D eigenvalue weighted by Gasteiger charge is -2.26. The third-order valence-electron chi connectivity index (χ3n) is 3.59. The maximum Gasteiger partial charge on any atom is 0.335 e. The van der Waals surface area contributed by atoms with E-state index < -0.39 is 17.8 Å². The van der Waals surface area contributed by atoms with Gasteiger partial charge in [0.05, 0.1) is 12.8 Å². The lowest BCUT2D eigenvalue weighted by atomic mass is 10.1. The molecule has 0 aliphatic carbocycles. The van der Waals surface area contributed by atoms with E-state index in [1.54, 1.807) is 24.3 Å². The highest BCUT2D eigenvalue weighted by Gasteiger charge is 2.37. The topological polar surface area (TPSA) is 75.7 Å². The van der Waals surface area contributed by atoms with E-state index in [4.69, 9.17) is 4.74 Å². The Balaban J connectivity index is 2.03. The van der Waals surface area contributed by atoms with Crippen LogP contribution in [-0.2, 0) is 9.59 Å². The van der Waals surface area contributed by atoms with Crippen molar-refractivity contribution in [1.29, 1.82) is 0 Å². The molecule has 1 aromatic carbocycles. The second-order valence-corrected chi connectivity index (χ2v) is 6.07. The van der Waals surface area contributed by atoms with Gasteiger partial charge in [-0.05, 0) is 42.1 Å². The van der Waals surface area contributed by atoms with Crippen LogP contribution in [0.25, 0.3) is 6.08 Å². The zero-order valence-electron chi connectivity index (χ0n) is 13.0. The van der Waals surface area contributed by atoms with Crippen LogP contribution in [0.3, 0.4) is 0 Å². The number of hydrogen-bond donors (Lipinski definition) is 1. The monoisotopic (exact) mass is 342 g/mol. The molecule has 0 unspecified atom stereocenters. The quantitative estimate of drug-likeness (QED) is 0.687. The summed E-state index contributed by atoms with van der Waals surface area (Å²) in [5, 5.41) is 4.07. The Morgan fingerprint density at radius 1 is 1.21 bits per heavy atom. The number of barbiturate groups is 1. The smallest absolute Gasteiger partial charge is 0.335 e. The van der Waals surface area contributed by atoms with Gasteiger partial charge in [0.1, 0.15) is 11.3 Å². The molecule has 1 aliphatic rings. The number of carbonyl (C=O) groups is 3. The average molecular weight is 342 g/mol. The summed E-state index contributed by atoms with van der Waals surface area (Å²) in [4.78, 5) is 38.7. The maximum atomic E-state index is 12.7. The van der Waals surface area contributed by atoms with E-state index in [-0.39, 0.29) is 5.57 Å². The minimum atomic E-state index is -0.779. The van der Waals surface area contributed by atoms with Gasteiger partial charge in [0.25, 0.3) is 11.8 Å². The first-order valence-electron chi connectivity index (χ1n) is 7.11. The lowest BCUT2D eigenvalue weighted by molar-refractivity contribution is -0.122. The molecule has 1 aliphatic heterocycles. The SMILES string of the molecule is COc1cccc(N2C(=O)NC(=O)C(=Cc3sccc3C)C2=O)c1. The molecule has 2 aromatic rings. The number of imide groups is 2. The van der Waals surface area contributed by atoms with E-state index in [9.17, 15) is 14.4 Å². The number of carbonyl (C=O) groups excluding carboxylic acids is 3. The summed E-state index contributed by atoms with van der Waals surface area (Å²) in [5.41, 5.74) is 1.21. The molecular formula is C17H14N2O4S. The zero-order chi connectivity index (χ0) is 17.3. The van der Waals surface area contributed by atoms with Gasteiger partial charge in [-0.1, -0.05) is 6.07 Å². The van der Waals surface area contributed by atoms with E-state index in [2.05, 4.69) is 5.32 Å². The van der Waals surface area contributed by atoms with Crippen molar-refractivity contribution in [1.82, 2.24) is 5.32 Å². The van der Waals surface area contributed by atoms with Gasteiger partial charge in [-0.3, -0.25) is 14.9 Å². The summed E-state index contributed by atoms with van der Waals surface area (Å²) < 4.78 is 5.12. The van der Waals surface area contributed by atoms with Crippen molar-refractivity contribution >= 4 is 40.9 Å². The molecule has 0 atom stereocenters. The number of benzene rings is 1. The number of amides is 4. The number of ether oxygens (including phenoxy) is 1. The van der Waals surface area contributed by atoms with Crippen LogP contribution < -0.4 is 15.0 Å². The van der Waals surface area contributed by atoms with Crippen molar-refractivity contribution in [3.8, 4) is 5.75 Å². The largest absolute Gasteiger partial charge is 0.497 e. The third kappa shape index (κ3) is 2.81. The van der Waals surface area contributed by atoms with Crippen molar-refractivity contribution in [2.75, 3.05) is 12.0 Å². The summed E-state index contributed by atoms with van der Waals surface area (Å²) in [5.74, 6) is -0.855. The number of thiophene rings is 1. The lowest BCUT2D eigenvalue weighted by Crippen LogP contribution is -2.54. The standard InChI is InChI=1S/C17H14N2O4S/c1-10-6-7-24-14(10)9-13-15(20)18-17(22)19(16(13)21)11-4-3-5-12(8-11)23-2/h3-9H,1-2H3,(H,18,20,22). The molecule has 4 amide bonds. The van der Waals surface area contributed by atoms with Gasteiger partial charge in [-0.15, -0.1) is 11.3 Å². The molecule has 1 N–H and O–H groups in total. The normalized spacial score (nSPS) is 16.5. The van der Waals surface area contributed by atoms with Gasteiger partial charge in [-0.25, -0.2) is 9.69 Å². The molecule has 2 heterocycles. The molecule has 0 spiro atoms. The summed E-state index contributed by atoms with van der Waals surface area (Å²) in [6.07, 6.45) is 1.51. The molecule has 7 heteroatoms. The number of nitrogens with one attached hydrogen (secondary N) is 1. The van der Waals surface area contributed by atoms with Crippen molar-refractivity contribution in [2.45, 2.75) is 6.92 Å². The number of methoxy groups -OCH3 is 1. The predicted molar refractivity (Wildman–Crippen MR) is 91.1 cm³/mol. The maximum absolute atomic E-state index is 12.7. The Bertz CT molecular complexity index is 869. The molecule has 1 fully saturated rings. The highest BCUT2D eigenvalue weighted by Crippen LogP contribution is 2.26.